The predicted octanol–water partition coefficient (Wildman–Crippen LogP) is 1.79. The smallest absolute Gasteiger partial charge is 0.240 e. The highest BCUT2D eigenvalue weighted by Gasteiger charge is 2.14. The van der Waals surface area contributed by atoms with Gasteiger partial charge < -0.3 is 5.32 Å². The minimum Gasteiger partial charge on any atom is -0.316 e. The molecular weight excluding hydrogens is 248 g/mol. The van der Waals surface area contributed by atoms with Crippen molar-refractivity contribution in [1.82, 2.24) is 10.0 Å². The van der Waals surface area contributed by atoms with Crippen LogP contribution in [0, 0.1) is 6.92 Å². The summed E-state index contributed by atoms with van der Waals surface area (Å²) >= 11 is 0. The van der Waals surface area contributed by atoms with Gasteiger partial charge in [0.2, 0.25) is 10.0 Å². The summed E-state index contributed by atoms with van der Waals surface area (Å²) in [6, 6.07) is 5.24. The van der Waals surface area contributed by atoms with Crippen molar-refractivity contribution >= 4 is 10.0 Å². The van der Waals surface area contributed by atoms with Gasteiger partial charge in [-0.15, -0.1) is 0 Å². The first-order valence-electron chi connectivity index (χ1n) is 6.25. The molecule has 0 unspecified atom stereocenters. The van der Waals surface area contributed by atoms with Crippen LogP contribution in [0.5, 0.6) is 0 Å². The van der Waals surface area contributed by atoms with Gasteiger partial charge in [0, 0.05) is 13.1 Å². The number of rotatable bonds is 7. The molecule has 102 valence electrons. The van der Waals surface area contributed by atoms with Crippen LogP contribution in [0.1, 0.15) is 30.9 Å². The molecule has 5 heteroatoms. The van der Waals surface area contributed by atoms with Gasteiger partial charge in [-0.1, -0.05) is 19.4 Å². The Labute approximate surface area is 110 Å². The number of nitrogens with one attached hydrogen (secondary N) is 2. The number of sulfonamides is 1. The quantitative estimate of drug-likeness (QED) is 0.743. The van der Waals surface area contributed by atoms with Crippen molar-refractivity contribution in [2.45, 2.75) is 38.1 Å². The third-order valence-electron chi connectivity index (χ3n) is 2.82. The van der Waals surface area contributed by atoms with Gasteiger partial charge in [-0.3, -0.25) is 0 Å². The lowest BCUT2D eigenvalue weighted by molar-refractivity contribution is 0.578. The second kappa shape index (κ2) is 6.87. The Morgan fingerprint density at radius 3 is 2.61 bits per heavy atom. The van der Waals surface area contributed by atoms with Crippen molar-refractivity contribution < 1.29 is 8.42 Å². The molecule has 0 saturated heterocycles. The van der Waals surface area contributed by atoms with E-state index in [4.69, 9.17) is 0 Å². The first-order valence-corrected chi connectivity index (χ1v) is 7.73. The topological polar surface area (TPSA) is 58.2 Å². The molecule has 0 heterocycles. The second-order valence-corrected chi connectivity index (χ2v) is 6.14. The zero-order valence-corrected chi connectivity index (χ0v) is 12.1. The molecule has 0 aliphatic heterocycles. The van der Waals surface area contributed by atoms with Gasteiger partial charge in [0.1, 0.15) is 0 Å². The van der Waals surface area contributed by atoms with E-state index >= 15 is 0 Å². The van der Waals surface area contributed by atoms with Crippen LogP contribution < -0.4 is 10.0 Å². The summed E-state index contributed by atoms with van der Waals surface area (Å²) in [5, 5.41) is 3.04. The minimum atomic E-state index is -3.37. The second-order valence-electron chi connectivity index (χ2n) is 4.37. The molecule has 0 aromatic heterocycles. The molecule has 2 N–H and O–H groups in total. The van der Waals surface area contributed by atoms with E-state index in [2.05, 4.69) is 10.0 Å². The Bertz CT molecular complexity index is 484. The maximum absolute atomic E-state index is 12.0. The van der Waals surface area contributed by atoms with Crippen molar-refractivity contribution in [3.8, 4) is 0 Å². The molecule has 0 amide bonds. The molecule has 1 aromatic rings. The molecule has 0 aliphatic carbocycles. The van der Waals surface area contributed by atoms with Crippen LogP contribution in [0.15, 0.2) is 23.1 Å². The minimum absolute atomic E-state index is 0.342. The fourth-order valence-electron chi connectivity index (χ4n) is 1.66. The van der Waals surface area contributed by atoms with E-state index in [1.807, 2.05) is 27.0 Å². The van der Waals surface area contributed by atoms with E-state index in [-0.39, 0.29) is 0 Å². The molecule has 0 saturated carbocycles. The molecule has 1 rings (SSSR count). The maximum atomic E-state index is 12.0. The average molecular weight is 270 g/mol. The highest BCUT2D eigenvalue weighted by Crippen LogP contribution is 2.15. The van der Waals surface area contributed by atoms with Crippen LogP contribution in [0.3, 0.4) is 0 Å². The SMILES string of the molecule is CCCCNS(=O)(=O)c1ccc(C)c(CNC)c1. The highest BCUT2D eigenvalue weighted by atomic mass is 32.2. The van der Waals surface area contributed by atoms with Crippen molar-refractivity contribution in [2.75, 3.05) is 13.6 Å². The van der Waals surface area contributed by atoms with Crippen LogP contribution in [-0.2, 0) is 16.6 Å². The molecule has 0 spiro atoms. The lowest BCUT2D eigenvalue weighted by Gasteiger charge is -2.10. The van der Waals surface area contributed by atoms with E-state index in [1.54, 1.807) is 12.1 Å². The van der Waals surface area contributed by atoms with Crippen molar-refractivity contribution in [1.29, 1.82) is 0 Å². The maximum Gasteiger partial charge on any atom is 0.240 e. The van der Waals surface area contributed by atoms with Crippen LogP contribution >= 0.6 is 0 Å². The molecule has 18 heavy (non-hydrogen) atoms. The summed E-state index contributed by atoms with van der Waals surface area (Å²) in [5.74, 6) is 0. The van der Waals surface area contributed by atoms with Crippen LogP contribution in [0.2, 0.25) is 0 Å². The van der Waals surface area contributed by atoms with Crippen LogP contribution in [-0.4, -0.2) is 22.0 Å². The number of aryl methyl sites for hydroxylation is 1. The molecule has 1 aromatic carbocycles. The first kappa shape index (κ1) is 15.1. The molecule has 0 fully saturated rings. The Balaban J connectivity index is 2.91. The molecule has 4 nitrogen and oxygen atoms in total. The summed E-state index contributed by atoms with van der Waals surface area (Å²) in [4.78, 5) is 0.342. The van der Waals surface area contributed by atoms with Gasteiger partial charge in [0.05, 0.1) is 4.90 Å². The lowest BCUT2D eigenvalue weighted by Crippen LogP contribution is -2.25. The Hall–Kier alpha value is -0.910. The fraction of sp³-hybridized carbons (Fsp3) is 0.538. The summed E-state index contributed by atoms with van der Waals surface area (Å²) in [5.41, 5.74) is 2.10. The van der Waals surface area contributed by atoms with Crippen molar-refractivity contribution in [3.05, 3.63) is 29.3 Å². The van der Waals surface area contributed by atoms with Crippen molar-refractivity contribution in [2.24, 2.45) is 0 Å². The highest BCUT2D eigenvalue weighted by molar-refractivity contribution is 7.89. The Morgan fingerprint density at radius 2 is 2.00 bits per heavy atom. The number of unbranched alkanes of at least 4 members (excludes halogenated alkanes) is 1. The lowest BCUT2D eigenvalue weighted by atomic mass is 10.1. The summed E-state index contributed by atoms with van der Waals surface area (Å²) in [6.45, 7) is 5.18. The zero-order chi connectivity index (χ0) is 13.6. The van der Waals surface area contributed by atoms with Crippen molar-refractivity contribution in [3.63, 3.8) is 0 Å². The third kappa shape index (κ3) is 4.08. The van der Waals surface area contributed by atoms with Gasteiger partial charge >= 0.3 is 0 Å². The van der Waals surface area contributed by atoms with E-state index in [0.717, 1.165) is 24.0 Å². The molecule has 0 atom stereocenters. The van der Waals surface area contributed by atoms with Crippen LogP contribution in [0.25, 0.3) is 0 Å². The summed E-state index contributed by atoms with van der Waals surface area (Å²) < 4.78 is 26.7. The zero-order valence-electron chi connectivity index (χ0n) is 11.3. The van der Waals surface area contributed by atoms with E-state index in [9.17, 15) is 8.42 Å². The summed E-state index contributed by atoms with van der Waals surface area (Å²) in [6.07, 6.45) is 1.83. The molecule has 0 aliphatic rings. The average Bonchev–Trinajstić information content (AvgIpc) is 2.32. The van der Waals surface area contributed by atoms with Gasteiger partial charge in [0.25, 0.3) is 0 Å². The van der Waals surface area contributed by atoms with E-state index in [1.165, 1.54) is 0 Å². The van der Waals surface area contributed by atoms with E-state index in [0.29, 0.717) is 18.0 Å². The Kier molecular flexibility index (Phi) is 5.78. The van der Waals surface area contributed by atoms with Crippen LogP contribution in [0.4, 0.5) is 0 Å². The number of hydrogen-bond donors (Lipinski definition) is 2. The monoisotopic (exact) mass is 270 g/mol. The third-order valence-corrected chi connectivity index (χ3v) is 4.28. The van der Waals surface area contributed by atoms with Gasteiger partial charge in [-0.25, -0.2) is 13.1 Å². The number of hydrogen-bond acceptors (Lipinski definition) is 3. The van der Waals surface area contributed by atoms with Gasteiger partial charge in [-0.2, -0.15) is 0 Å². The normalized spacial score (nSPS) is 11.7. The molecular formula is C13H22N2O2S. The number of benzene rings is 1. The first-order chi connectivity index (χ1) is 8.51. The van der Waals surface area contributed by atoms with E-state index < -0.39 is 10.0 Å². The molecule has 0 radical (unpaired) electrons. The molecule has 0 bridgehead atoms. The van der Waals surface area contributed by atoms with Gasteiger partial charge in [0.15, 0.2) is 0 Å². The standard InChI is InChI=1S/C13H22N2O2S/c1-4-5-8-15-18(16,17)13-7-6-11(2)12(9-13)10-14-3/h6-7,9,14-15H,4-5,8,10H2,1-3H3. The summed E-state index contributed by atoms with van der Waals surface area (Å²) in [7, 11) is -1.52. The Morgan fingerprint density at radius 1 is 1.28 bits per heavy atom. The fourth-order valence-corrected chi connectivity index (χ4v) is 2.79. The largest absolute Gasteiger partial charge is 0.316 e. The predicted molar refractivity (Wildman–Crippen MR) is 74.0 cm³/mol. The van der Waals surface area contributed by atoms with Gasteiger partial charge in [-0.05, 0) is 43.7 Å².